The lowest BCUT2D eigenvalue weighted by Crippen LogP contribution is -2.25. The van der Waals surface area contributed by atoms with E-state index in [0.29, 0.717) is 5.75 Å². The van der Waals surface area contributed by atoms with Crippen LogP contribution in [0, 0.1) is 6.92 Å². The molecule has 1 amide bonds. The van der Waals surface area contributed by atoms with Gasteiger partial charge in [-0.15, -0.1) is 0 Å². The maximum absolute atomic E-state index is 12.8. The third kappa shape index (κ3) is 3.59. The van der Waals surface area contributed by atoms with Crippen molar-refractivity contribution in [2.45, 2.75) is 37.9 Å². The average molecular weight is 341 g/mol. The maximum atomic E-state index is 12.8. The minimum absolute atomic E-state index is 0.0556. The molecule has 4 heteroatoms. The lowest BCUT2D eigenvalue weighted by Gasteiger charge is -2.25. The Bertz CT molecular complexity index is 785. The summed E-state index contributed by atoms with van der Waals surface area (Å²) < 4.78 is 11.5. The second-order valence-electron chi connectivity index (χ2n) is 6.44. The van der Waals surface area contributed by atoms with Gasteiger partial charge in [0.25, 0.3) is 0 Å². The van der Waals surface area contributed by atoms with Crippen LogP contribution in [0.4, 0.5) is 5.69 Å². The van der Waals surface area contributed by atoms with Crippen LogP contribution in [0.15, 0.2) is 42.5 Å². The minimum atomic E-state index is -0.895. The minimum Gasteiger partial charge on any atom is -0.325 e. The van der Waals surface area contributed by atoms with Gasteiger partial charge in [-0.3, -0.25) is 9.00 Å². The molecule has 2 aromatic rings. The van der Waals surface area contributed by atoms with E-state index in [1.54, 1.807) is 6.26 Å². The number of hydrogen-bond acceptors (Lipinski definition) is 2. The van der Waals surface area contributed by atoms with Gasteiger partial charge in [0, 0.05) is 28.5 Å². The van der Waals surface area contributed by atoms with Crippen LogP contribution in [-0.2, 0) is 27.8 Å². The summed E-state index contributed by atoms with van der Waals surface area (Å²) in [6.07, 6.45) is 4.68. The van der Waals surface area contributed by atoms with Crippen molar-refractivity contribution in [1.82, 2.24) is 0 Å². The number of anilines is 1. The molecular weight excluding hydrogens is 318 g/mol. The number of carbonyl (C=O) groups excluding carboxylic acids is 1. The van der Waals surface area contributed by atoms with Crippen LogP contribution < -0.4 is 5.32 Å². The standard InChI is InChI=1S/C20H23NO2S/c1-14-16(13-24(2)23)9-6-12-19(14)21-20(22)18-11-5-8-15-7-3-4-10-17(15)18/h3-4,6-7,9-10,12,18H,5,8,11,13H2,1-2H3,(H,21,22)/t18-,24-/m1/s1. The zero-order valence-corrected chi connectivity index (χ0v) is 15.0. The third-order valence-corrected chi connectivity index (χ3v) is 5.47. The molecule has 24 heavy (non-hydrogen) atoms. The first-order chi connectivity index (χ1) is 11.6. The molecule has 0 saturated heterocycles. The van der Waals surface area contributed by atoms with Gasteiger partial charge < -0.3 is 5.32 Å². The molecule has 1 aliphatic rings. The summed E-state index contributed by atoms with van der Waals surface area (Å²) >= 11 is 0. The average Bonchev–Trinajstić information content (AvgIpc) is 2.57. The van der Waals surface area contributed by atoms with Gasteiger partial charge in [0.05, 0.1) is 5.92 Å². The molecule has 0 unspecified atom stereocenters. The molecule has 0 aliphatic heterocycles. The monoisotopic (exact) mass is 341 g/mol. The lowest BCUT2D eigenvalue weighted by molar-refractivity contribution is -0.117. The molecule has 2 aromatic carbocycles. The highest BCUT2D eigenvalue weighted by atomic mass is 32.2. The van der Waals surface area contributed by atoms with Crippen LogP contribution >= 0.6 is 0 Å². The van der Waals surface area contributed by atoms with Crippen molar-refractivity contribution in [1.29, 1.82) is 0 Å². The van der Waals surface area contributed by atoms with E-state index >= 15 is 0 Å². The first kappa shape index (κ1) is 16.9. The Balaban J connectivity index is 1.82. The Hall–Kier alpha value is -1.94. The van der Waals surface area contributed by atoms with Gasteiger partial charge in [-0.1, -0.05) is 36.4 Å². The number of aryl methyl sites for hydroxylation is 1. The number of hydrogen-bond donors (Lipinski definition) is 1. The Morgan fingerprint density at radius 2 is 2.00 bits per heavy atom. The second kappa shape index (κ2) is 7.31. The quantitative estimate of drug-likeness (QED) is 0.916. The summed E-state index contributed by atoms with van der Waals surface area (Å²) in [5, 5.41) is 3.10. The number of amides is 1. The third-order valence-electron chi connectivity index (χ3n) is 4.75. The van der Waals surface area contributed by atoms with E-state index in [9.17, 15) is 9.00 Å². The number of benzene rings is 2. The molecule has 0 fully saturated rings. The number of carbonyl (C=O) groups is 1. The Morgan fingerprint density at radius 3 is 2.79 bits per heavy atom. The number of rotatable bonds is 4. The van der Waals surface area contributed by atoms with Gasteiger partial charge in [-0.25, -0.2) is 0 Å². The van der Waals surface area contributed by atoms with E-state index in [1.165, 1.54) is 5.56 Å². The topological polar surface area (TPSA) is 46.2 Å². The van der Waals surface area contributed by atoms with Crippen LogP contribution in [0.5, 0.6) is 0 Å². The molecule has 0 bridgehead atoms. The molecule has 0 radical (unpaired) electrons. The second-order valence-corrected chi connectivity index (χ2v) is 7.88. The Kier molecular flexibility index (Phi) is 5.14. The van der Waals surface area contributed by atoms with Crippen molar-refractivity contribution in [3.63, 3.8) is 0 Å². The molecule has 1 aliphatic carbocycles. The zero-order chi connectivity index (χ0) is 17.1. The zero-order valence-electron chi connectivity index (χ0n) is 14.2. The van der Waals surface area contributed by atoms with Crippen molar-refractivity contribution in [2.24, 2.45) is 0 Å². The highest BCUT2D eigenvalue weighted by molar-refractivity contribution is 7.83. The van der Waals surface area contributed by atoms with Gasteiger partial charge in [0.1, 0.15) is 0 Å². The predicted octanol–water partition coefficient (Wildman–Crippen LogP) is 3.93. The molecule has 0 saturated carbocycles. The van der Waals surface area contributed by atoms with Crippen LogP contribution in [0.1, 0.15) is 41.0 Å². The first-order valence-corrected chi connectivity index (χ1v) is 10.1. The molecule has 3 nitrogen and oxygen atoms in total. The molecule has 0 heterocycles. The molecule has 0 aromatic heterocycles. The fraction of sp³-hybridized carbons (Fsp3) is 0.350. The van der Waals surface area contributed by atoms with Crippen LogP contribution in [-0.4, -0.2) is 16.4 Å². The van der Waals surface area contributed by atoms with Crippen molar-refractivity contribution in [2.75, 3.05) is 11.6 Å². The highest BCUT2D eigenvalue weighted by Crippen LogP contribution is 2.33. The van der Waals surface area contributed by atoms with Crippen molar-refractivity contribution < 1.29 is 9.00 Å². The molecular formula is C20H23NO2S. The van der Waals surface area contributed by atoms with Crippen molar-refractivity contribution in [3.8, 4) is 0 Å². The van der Waals surface area contributed by atoms with E-state index in [-0.39, 0.29) is 11.8 Å². The number of nitrogens with one attached hydrogen (secondary N) is 1. The van der Waals surface area contributed by atoms with Crippen LogP contribution in [0.25, 0.3) is 0 Å². The lowest BCUT2D eigenvalue weighted by atomic mass is 9.82. The molecule has 126 valence electrons. The SMILES string of the molecule is Cc1c(C[S@@](C)=O)cccc1NC(=O)[C@@H]1CCCc2ccccc21. The summed E-state index contributed by atoms with van der Waals surface area (Å²) in [5.74, 6) is 0.486. The first-order valence-electron chi connectivity index (χ1n) is 8.33. The van der Waals surface area contributed by atoms with Gasteiger partial charge >= 0.3 is 0 Å². The highest BCUT2D eigenvalue weighted by Gasteiger charge is 2.26. The molecule has 1 N–H and O–H groups in total. The van der Waals surface area contributed by atoms with E-state index in [0.717, 1.165) is 41.6 Å². The summed E-state index contributed by atoms with van der Waals surface area (Å²) in [4.78, 5) is 12.8. The summed E-state index contributed by atoms with van der Waals surface area (Å²) in [6, 6.07) is 14.1. The smallest absolute Gasteiger partial charge is 0.231 e. The summed E-state index contributed by atoms with van der Waals surface area (Å²) in [6.45, 7) is 1.98. The molecule has 2 atom stereocenters. The van der Waals surface area contributed by atoms with Gasteiger partial charge in [-0.2, -0.15) is 0 Å². The largest absolute Gasteiger partial charge is 0.325 e. The van der Waals surface area contributed by atoms with E-state index in [2.05, 4.69) is 17.4 Å². The fourth-order valence-corrected chi connectivity index (χ4v) is 4.19. The van der Waals surface area contributed by atoms with E-state index in [1.807, 2.05) is 37.3 Å². The molecule has 3 rings (SSSR count). The Morgan fingerprint density at radius 1 is 1.21 bits per heavy atom. The molecule has 0 spiro atoms. The summed E-state index contributed by atoms with van der Waals surface area (Å²) in [5.41, 5.74) is 5.30. The van der Waals surface area contributed by atoms with Gasteiger partial charge in [-0.05, 0) is 54.5 Å². The van der Waals surface area contributed by atoms with Crippen LogP contribution in [0.3, 0.4) is 0 Å². The van der Waals surface area contributed by atoms with E-state index < -0.39 is 10.8 Å². The van der Waals surface area contributed by atoms with E-state index in [4.69, 9.17) is 0 Å². The van der Waals surface area contributed by atoms with Crippen molar-refractivity contribution >= 4 is 22.4 Å². The van der Waals surface area contributed by atoms with Gasteiger partial charge in [0.2, 0.25) is 5.91 Å². The van der Waals surface area contributed by atoms with Crippen LogP contribution in [0.2, 0.25) is 0 Å². The fourth-order valence-electron chi connectivity index (χ4n) is 3.44. The van der Waals surface area contributed by atoms with Gasteiger partial charge in [0.15, 0.2) is 0 Å². The summed E-state index contributed by atoms with van der Waals surface area (Å²) in [7, 11) is -0.895. The van der Waals surface area contributed by atoms with Crippen molar-refractivity contribution in [3.05, 3.63) is 64.7 Å². The normalized spacial score (nSPS) is 17.8. The number of fused-ring (bicyclic) bond motifs is 1. The predicted molar refractivity (Wildman–Crippen MR) is 99.7 cm³/mol. The maximum Gasteiger partial charge on any atom is 0.231 e. The Labute approximate surface area is 145 Å².